The number of hydrogen-bond donors (Lipinski definition) is 2. The lowest BCUT2D eigenvalue weighted by molar-refractivity contribution is 0.0933. The standard InChI is InChI=1S/C17H19N3O2/c21-16-9-8-13(11-18-16)17(22)19-14-5-4-10-20(12-14)15-6-2-1-3-7-15/h1-3,6-9,11,14H,4-5,10,12H2,(H,18,21)(H,19,22). The zero-order chi connectivity index (χ0) is 15.4. The quantitative estimate of drug-likeness (QED) is 0.907. The summed E-state index contributed by atoms with van der Waals surface area (Å²) in [5.41, 5.74) is 1.46. The van der Waals surface area contributed by atoms with Gasteiger partial charge in [-0.3, -0.25) is 9.59 Å². The summed E-state index contributed by atoms with van der Waals surface area (Å²) in [6.45, 7) is 1.81. The number of nitrogens with one attached hydrogen (secondary N) is 2. The molecule has 114 valence electrons. The molecule has 1 fully saturated rings. The summed E-state index contributed by atoms with van der Waals surface area (Å²) in [4.78, 5) is 28.1. The van der Waals surface area contributed by atoms with Crippen molar-refractivity contribution >= 4 is 11.6 Å². The Labute approximate surface area is 129 Å². The summed E-state index contributed by atoms with van der Waals surface area (Å²) in [7, 11) is 0. The molecule has 0 spiro atoms. The van der Waals surface area contributed by atoms with Crippen LogP contribution >= 0.6 is 0 Å². The number of pyridine rings is 1. The molecule has 2 heterocycles. The molecule has 2 N–H and O–H groups in total. The molecule has 0 radical (unpaired) electrons. The molecule has 0 aliphatic carbocycles. The Morgan fingerprint density at radius 2 is 2.00 bits per heavy atom. The van der Waals surface area contributed by atoms with Crippen molar-refractivity contribution < 1.29 is 4.79 Å². The maximum Gasteiger partial charge on any atom is 0.253 e. The van der Waals surface area contributed by atoms with Crippen LogP contribution in [0.25, 0.3) is 0 Å². The topological polar surface area (TPSA) is 65.2 Å². The van der Waals surface area contributed by atoms with Crippen molar-refractivity contribution in [3.8, 4) is 0 Å². The Kier molecular flexibility index (Phi) is 4.23. The number of piperidine rings is 1. The van der Waals surface area contributed by atoms with Crippen LogP contribution in [0.4, 0.5) is 5.69 Å². The third-order valence-electron chi connectivity index (χ3n) is 3.92. The van der Waals surface area contributed by atoms with Gasteiger partial charge in [0, 0.05) is 37.1 Å². The van der Waals surface area contributed by atoms with Gasteiger partial charge in [-0.2, -0.15) is 0 Å². The maximum atomic E-state index is 12.2. The highest BCUT2D eigenvalue weighted by atomic mass is 16.2. The summed E-state index contributed by atoms with van der Waals surface area (Å²) < 4.78 is 0. The van der Waals surface area contributed by atoms with Gasteiger partial charge in [-0.25, -0.2) is 0 Å². The molecule has 5 heteroatoms. The van der Waals surface area contributed by atoms with Crippen molar-refractivity contribution in [2.75, 3.05) is 18.0 Å². The van der Waals surface area contributed by atoms with Gasteiger partial charge in [0.15, 0.2) is 0 Å². The number of carbonyl (C=O) groups excluding carboxylic acids is 1. The number of amides is 1. The van der Waals surface area contributed by atoms with Crippen LogP contribution in [0.2, 0.25) is 0 Å². The molecular formula is C17H19N3O2. The fourth-order valence-electron chi connectivity index (χ4n) is 2.79. The number of benzene rings is 1. The van der Waals surface area contributed by atoms with Crippen LogP contribution in [0, 0.1) is 0 Å². The number of rotatable bonds is 3. The Bertz CT molecular complexity index is 676. The SMILES string of the molecule is O=C(NC1CCCN(c2ccccc2)C1)c1ccc(=O)[nH]c1. The van der Waals surface area contributed by atoms with Gasteiger partial charge in [-0.1, -0.05) is 18.2 Å². The summed E-state index contributed by atoms with van der Waals surface area (Å²) in [5.74, 6) is -0.142. The lowest BCUT2D eigenvalue weighted by Crippen LogP contribution is -2.47. The van der Waals surface area contributed by atoms with E-state index >= 15 is 0 Å². The first-order valence-electron chi connectivity index (χ1n) is 7.52. The lowest BCUT2D eigenvalue weighted by Gasteiger charge is -2.34. The van der Waals surface area contributed by atoms with E-state index in [-0.39, 0.29) is 17.5 Å². The Morgan fingerprint density at radius 3 is 2.73 bits per heavy atom. The largest absolute Gasteiger partial charge is 0.369 e. The monoisotopic (exact) mass is 297 g/mol. The number of carbonyl (C=O) groups is 1. The Morgan fingerprint density at radius 1 is 1.18 bits per heavy atom. The fraction of sp³-hybridized carbons (Fsp3) is 0.294. The molecule has 5 nitrogen and oxygen atoms in total. The number of hydrogen-bond acceptors (Lipinski definition) is 3. The molecule has 1 aliphatic rings. The predicted molar refractivity (Wildman–Crippen MR) is 86.2 cm³/mol. The molecule has 1 aromatic heterocycles. The van der Waals surface area contributed by atoms with Gasteiger partial charge in [-0.05, 0) is 31.0 Å². The summed E-state index contributed by atoms with van der Waals surface area (Å²) in [6, 6.07) is 13.3. The zero-order valence-electron chi connectivity index (χ0n) is 12.3. The maximum absolute atomic E-state index is 12.2. The van der Waals surface area contributed by atoms with Gasteiger partial charge in [0.1, 0.15) is 0 Å². The first-order chi connectivity index (χ1) is 10.7. The van der Waals surface area contributed by atoms with Crippen molar-refractivity contribution in [3.63, 3.8) is 0 Å². The highest BCUT2D eigenvalue weighted by molar-refractivity contribution is 5.94. The Balaban J connectivity index is 1.64. The van der Waals surface area contributed by atoms with Gasteiger partial charge in [0.25, 0.3) is 5.91 Å². The minimum atomic E-state index is -0.204. The number of aromatic nitrogens is 1. The first-order valence-corrected chi connectivity index (χ1v) is 7.52. The van der Waals surface area contributed by atoms with Crippen molar-refractivity contribution in [2.45, 2.75) is 18.9 Å². The average molecular weight is 297 g/mol. The van der Waals surface area contributed by atoms with Crippen LogP contribution in [-0.2, 0) is 0 Å². The normalized spacial score (nSPS) is 18.0. The summed E-state index contributed by atoms with van der Waals surface area (Å²) in [5, 5.41) is 3.05. The Hall–Kier alpha value is -2.56. The molecule has 1 atom stereocenters. The van der Waals surface area contributed by atoms with Crippen LogP contribution in [0.5, 0.6) is 0 Å². The van der Waals surface area contributed by atoms with Gasteiger partial charge in [0.05, 0.1) is 5.56 Å². The van der Waals surface area contributed by atoms with E-state index in [2.05, 4.69) is 27.3 Å². The third-order valence-corrected chi connectivity index (χ3v) is 3.92. The molecule has 1 amide bonds. The van der Waals surface area contributed by atoms with E-state index in [1.807, 2.05) is 18.2 Å². The van der Waals surface area contributed by atoms with E-state index in [0.717, 1.165) is 25.9 Å². The third kappa shape index (κ3) is 3.36. The number of H-pyrrole nitrogens is 1. The van der Waals surface area contributed by atoms with Gasteiger partial charge in [-0.15, -0.1) is 0 Å². The van der Waals surface area contributed by atoms with E-state index in [1.165, 1.54) is 18.0 Å². The van der Waals surface area contributed by atoms with Crippen molar-refractivity contribution in [1.29, 1.82) is 0 Å². The number of aromatic amines is 1. The number of anilines is 1. The van der Waals surface area contributed by atoms with Crippen molar-refractivity contribution in [1.82, 2.24) is 10.3 Å². The van der Waals surface area contributed by atoms with E-state index in [9.17, 15) is 9.59 Å². The van der Waals surface area contributed by atoms with Crippen LogP contribution in [0.15, 0.2) is 53.5 Å². The smallest absolute Gasteiger partial charge is 0.253 e. The van der Waals surface area contributed by atoms with Crippen LogP contribution in [0.1, 0.15) is 23.2 Å². The summed E-state index contributed by atoms with van der Waals surface area (Å²) in [6.07, 6.45) is 3.47. The number of para-hydroxylation sites is 1. The van der Waals surface area contributed by atoms with Crippen LogP contribution in [0.3, 0.4) is 0 Å². The van der Waals surface area contributed by atoms with Crippen LogP contribution in [-0.4, -0.2) is 30.0 Å². The van der Waals surface area contributed by atoms with Gasteiger partial charge in [0.2, 0.25) is 5.56 Å². The van der Waals surface area contributed by atoms with E-state index in [1.54, 1.807) is 6.07 Å². The second-order valence-electron chi connectivity index (χ2n) is 5.54. The lowest BCUT2D eigenvalue weighted by atomic mass is 10.0. The second kappa shape index (κ2) is 6.47. The molecule has 1 saturated heterocycles. The first kappa shape index (κ1) is 14.4. The molecule has 22 heavy (non-hydrogen) atoms. The van der Waals surface area contributed by atoms with E-state index in [0.29, 0.717) is 5.56 Å². The highest BCUT2D eigenvalue weighted by Crippen LogP contribution is 2.19. The number of nitrogens with zero attached hydrogens (tertiary/aromatic N) is 1. The molecule has 1 aromatic carbocycles. The van der Waals surface area contributed by atoms with Crippen molar-refractivity contribution in [2.24, 2.45) is 0 Å². The summed E-state index contributed by atoms with van der Waals surface area (Å²) >= 11 is 0. The van der Waals surface area contributed by atoms with Gasteiger partial charge >= 0.3 is 0 Å². The molecule has 3 rings (SSSR count). The minimum absolute atomic E-state index is 0.119. The predicted octanol–water partition coefficient (Wildman–Crippen LogP) is 1.77. The minimum Gasteiger partial charge on any atom is -0.369 e. The van der Waals surface area contributed by atoms with Crippen molar-refractivity contribution in [3.05, 3.63) is 64.6 Å². The fourth-order valence-corrected chi connectivity index (χ4v) is 2.79. The highest BCUT2D eigenvalue weighted by Gasteiger charge is 2.22. The molecule has 1 aliphatic heterocycles. The van der Waals surface area contributed by atoms with Crippen LogP contribution < -0.4 is 15.8 Å². The van der Waals surface area contributed by atoms with E-state index < -0.39 is 0 Å². The average Bonchev–Trinajstić information content (AvgIpc) is 2.56. The van der Waals surface area contributed by atoms with Gasteiger partial charge < -0.3 is 15.2 Å². The molecule has 1 unspecified atom stereocenters. The molecule has 2 aromatic rings. The second-order valence-corrected chi connectivity index (χ2v) is 5.54. The molecule has 0 bridgehead atoms. The molecule has 0 saturated carbocycles. The molecular weight excluding hydrogens is 278 g/mol. The van der Waals surface area contributed by atoms with E-state index in [4.69, 9.17) is 0 Å². The zero-order valence-corrected chi connectivity index (χ0v) is 12.3.